The number of carboxylic acid groups (broad SMARTS) is 2. The maximum absolute atomic E-state index is 11.9. The fourth-order valence-electron chi connectivity index (χ4n) is 1.75. The van der Waals surface area contributed by atoms with Crippen LogP contribution in [0.2, 0.25) is 0 Å². The topological polar surface area (TPSA) is 244 Å². The van der Waals surface area contributed by atoms with Crippen LogP contribution in [0, 0.1) is 0 Å². The van der Waals surface area contributed by atoms with E-state index in [1.165, 1.54) is 0 Å². The summed E-state index contributed by atoms with van der Waals surface area (Å²) >= 11 is 0. The summed E-state index contributed by atoms with van der Waals surface area (Å²) in [6.07, 6.45) is -1.33. The van der Waals surface area contributed by atoms with Crippen molar-refractivity contribution in [3.8, 4) is 0 Å². The predicted octanol–water partition coefficient (Wildman–Crippen LogP) is -2.79. The number of aliphatic hydroxyl groups excluding tert-OH is 1. The maximum Gasteiger partial charge on any atom is 0.326 e. The molecule has 0 aromatic carbocycles. The second-order valence-corrected chi connectivity index (χ2v) is 5.10. The van der Waals surface area contributed by atoms with Gasteiger partial charge >= 0.3 is 18.0 Å². The number of aliphatic hydroxyl groups is 1. The number of amides is 3. The summed E-state index contributed by atoms with van der Waals surface area (Å²) in [5.74, 6) is -4.27. The van der Waals surface area contributed by atoms with Crippen LogP contribution in [0.4, 0.5) is 4.79 Å². The van der Waals surface area contributed by atoms with E-state index in [-0.39, 0.29) is 11.8 Å². The largest absolute Gasteiger partial charge is 0.481 e. The average molecular weight is 374 g/mol. The molecular weight excluding hydrogens is 356 g/mol. The summed E-state index contributed by atoms with van der Waals surface area (Å²) in [6, 6.07) is -5.01. The molecule has 26 heavy (non-hydrogen) atoms. The van der Waals surface area contributed by atoms with Crippen molar-refractivity contribution in [2.75, 3.05) is 6.61 Å². The SMILES string of the molecule is NC(=O)C[C@H](NC(=O)N[C@@H](CC(=O)O)C(=O)O)c1nnc([C@@H](N)CO)o1. The third-order valence-corrected chi connectivity index (χ3v) is 2.96. The van der Waals surface area contributed by atoms with E-state index < -0.39 is 61.5 Å². The van der Waals surface area contributed by atoms with Gasteiger partial charge in [0.25, 0.3) is 0 Å². The number of rotatable bonds is 10. The van der Waals surface area contributed by atoms with Crippen LogP contribution in [0.25, 0.3) is 0 Å². The van der Waals surface area contributed by atoms with Crippen molar-refractivity contribution in [3.63, 3.8) is 0 Å². The Morgan fingerprint density at radius 3 is 2.19 bits per heavy atom. The number of aromatic nitrogens is 2. The Balaban J connectivity index is 2.88. The molecule has 0 fully saturated rings. The molecule has 3 amide bonds. The fourth-order valence-corrected chi connectivity index (χ4v) is 1.75. The molecule has 0 radical (unpaired) electrons. The van der Waals surface area contributed by atoms with Gasteiger partial charge in [-0.15, -0.1) is 10.2 Å². The number of nitrogens with two attached hydrogens (primary N) is 2. The van der Waals surface area contributed by atoms with Crippen molar-refractivity contribution >= 4 is 23.9 Å². The van der Waals surface area contributed by atoms with Crippen molar-refractivity contribution in [1.29, 1.82) is 0 Å². The van der Waals surface area contributed by atoms with Crippen molar-refractivity contribution in [2.45, 2.75) is 31.0 Å². The number of hydrogen-bond acceptors (Lipinski definition) is 9. The van der Waals surface area contributed by atoms with Gasteiger partial charge in [-0.1, -0.05) is 0 Å². The Hall–Kier alpha value is -3.26. The molecule has 0 spiro atoms. The number of carboxylic acids is 2. The standard InChI is InChI=1S/C12H18N6O8/c13-4(3-19)9-17-18-10(26-9)5(1-7(14)20)15-12(25)16-6(11(23)24)2-8(21)22/h4-6,19H,1-3,13H2,(H2,14,20)(H,21,22)(H,23,24)(H2,15,16,25)/t4-,5-,6-/m0/s1. The first-order valence-electron chi connectivity index (χ1n) is 7.13. The summed E-state index contributed by atoms with van der Waals surface area (Å²) in [6.45, 7) is -0.495. The van der Waals surface area contributed by atoms with Crippen LogP contribution in [0.5, 0.6) is 0 Å². The monoisotopic (exact) mass is 374 g/mol. The van der Waals surface area contributed by atoms with Crippen molar-refractivity contribution < 1.29 is 38.9 Å². The molecular formula is C12H18N6O8. The number of hydrogen-bond donors (Lipinski definition) is 7. The van der Waals surface area contributed by atoms with Crippen molar-refractivity contribution in [3.05, 3.63) is 11.8 Å². The second-order valence-electron chi connectivity index (χ2n) is 5.10. The lowest BCUT2D eigenvalue weighted by Crippen LogP contribution is -2.48. The molecule has 1 rings (SSSR count). The van der Waals surface area contributed by atoms with E-state index in [2.05, 4.69) is 15.5 Å². The molecule has 0 unspecified atom stereocenters. The fraction of sp³-hybridized carbons (Fsp3) is 0.500. The molecule has 14 nitrogen and oxygen atoms in total. The minimum Gasteiger partial charge on any atom is -0.481 e. The maximum atomic E-state index is 11.9. The third-order valence-electron chi connectivity index (χ3n) is 2.96. The zero-order valence-electron chi connectivity index (χ0n) is 13.3. The first-order valence-corrected chi connectivity index (χ1v) is 7.13. The Bertz CT molecular complexity index is 676. The highest BCUT2D eigenvalue weighted by molar-refractivity contribution is 5.86. The van der Waals surface area contributed by atoms with Crippen LogP contribution in [0.15, 0.2) is 4.42 Å². The Labute approximate surface area is 145 Å². The molecule has 0 saturated carbocycles. The zero-order chi connectivity index (χ0) is 19.9. The Morgan fingerprint density at radius 2 is 1.69 bits per heavy atom. The molecule has 0 aliphatic heterocycles. The van der Waals surface area contributed by atoms with Crippen molar-refractivity contribution in [1.82, 2.24) is 20.8 Å². The number of carbonyl (C=O) groups is 4. The average Bonchev–Trinajstić information content (AvgIpc) is 3.01. The molecule has 9 N–H and O–H groups in total. The van der Waals surface area contributed by atoms with Gasteiger partial charge in [-0.05, 0) is 0 Å². The summed E-state index contributed by atoms with van der Waals surface area (Å²) in [7, 11) is 0. The van der Waals surface area contributed by atoms with E-state index in [4.69, 9.17) is 31.2 Å². The van der Waals surface area contributed by atoms with Crippen LogP contribution < -0.4 is 22.1 Å². The smallest absolute Gasteiger partial charge is 0.326 e. The highest BCUT2D eigenvalue weighted by Gasteiger charge is 2.28. The molecule has 0 aliphatic rings. The van der Waals surface area contributed by atoms with Gasteiger partial charge in [0.1, 0.15) is 18.1 Å². The Morgan fingerprint density at radius 1 is 1.08 bits per heavy atom. The molecule has 3 atom stereocenters. The van der Waals surface area contributed by atoms with E-state index in [9.17, 15) is 19.2 Å². The summed E-state index contributed by atoms with van der Waals surface area (Å²) in [5, 5.41) is 37.7. The summed E-state index contributed by atoms with van der Waals surface area (Å²) in [4.78, 5) is 44.7. The van der Waals surface area contributed by atoms with Gasteiger partial charge in [0, 0.05) is 0 Å². The van der Waals surface area contributed by atoms with Gasteiger partial charge in [0.2, 0.25) is 17.7 Å². The lowest BCUT2D eigenvalue weighted by molar-refractivity contribution is -0.145. The molecule has 1 aromatic rings. The lowest BCUT2D eigenvalue weighted by Gasteiger charge is -2.17. The third kappa shape index (κ3) is 6.33. The molecule has 0 saturated heterocycles. The van der Waals surface area contributed by atoms with Crippen LogP contribution in [0.1, 0.15) is 36.7 Å². The normalized spacial score (nSPS) is 14.1. The highest BCUT2D eigenvalue weighted by atomic mass is 16.4. The molecule has 14 heteroatoms. The van der Waals surface area contributed by atoms with Crippen molar-refractivity contribution in [2.24, 2.45) is 11.5 Å². The highest BCUT2D eigenvalue weighted by Crippen LogP contribution is 2.17. The van der Waals surface area contributed by atoms with Gasteiger partial charge < -0.3 is 41.8 Å². The molecule has 0 bridgehead atoms. The zero-order valence-corrected chi connectivity index (χ0v) is 13.3. The first kappa shape index (κ1) is 20.8. The minimum atomic E-state index is -1.71. The lowest BCUT2D eigenvalue weighted by atomic mass is 10.2. The number of primary amides is 1. The Kier molecular flexibility index (Phi) is 7.42. The number of nitrogens with one attached hydrogen (secondary N) is 2. The van der Waals surface area contributed by atoms with E-state index in [1.54, 1.807) is 0 Å². The van der Waals surface area contributed by atoms with E-state index >= 15 is 0 Å². The second kappa shape index (κ2) is 9.28. The van der Waals surface area contributed by atoms with Gasteiger partial charge in [0.15, 0.2) is 0 Å². The molecule has 1 aromatic heterocycles. The van der Waals surface area contributed by atoms with Crippen LogP contribution in [-0.4, -0.2) is 62.0 Å². The molecule has 1 heterocycles. The van der Waals surface area contributed by atoms with E-state index in [1.807, 2.05) is 5.32 Å². The van der Waals surface area contributed by atoms with Crippen LogP contribution in [0.3, 0.4) is 0 Å². The minimum absolute atomic E-state index is 0.159. The first-order chi connectivity index (χ1) is 12.1. The summed E-state index contributed by atoms with van der Waals surface area (Å²) < 4.78 is 5.15. The van der Waals surface area contributed by atoms with Gasteiger partial charge in [-0.25, -0.2) is 9.59 Å². The number of aliphatic carboxylic acids is 2. The predicted molar refractivity (Wildman–Crippen MR) is 80.2 cm³/mol. The van der Waals surface area contributed by atoms with Crippen LogP contribution in [-0.2, 0) is 14.4 Å². The van der Waals surface area contributed by atoms with Gasteiger partial charge in [0.05, 0.1) is 19.4 Å². The number of carbonyl (C=O) groups excluding carboxylic acids is 2. The molecule has 144 valence electrons. The van der Waals surface area contributed by atoms with Crippen LogP contribution >= 0.6 is 0 Å². The van der Waals surface area contributed by atoms with Gasteiger partial charge in [-0.3, -0.25) is 9.59 Å². The quantitative estimate of drug-likeness (QED) is 0.220. The molecule has 0 aliphatic carbocycles. The van der Waals surface area contributed by atoms with E-state index in [0.29, 0.717) is 0 Å². The van der Waals surface area contributed by atoms with Gasteiger partial charge in [-0.2, -0.15) is 0 Å². The summed E-state index contributed by atoms with van der Waals surface area (Å²) in [5.41, 5.74) is 10.6. The number of urea groups is 1. The van der Waals surface area contributed by atoms with E-state index in [0.717, 1.165) is 0 Å². The number of nitrogens with zero attached hydrogens (tertiary/aromatic N) is 2.